The number of amides is 1. The summed E-state index contributed by atoms with van der Waals surface area (Å²) in [6.07, 6.45) is 0.337. The summed E-state index contributed by atoms with van der Waals surface area (Å²) in [6, 6.07) is -0.532. The Morgan fingerprint density at radius 1 is 1.86 bits per heavy atom. The number of carboxylic acid groups (broad SMARTS) is 1. The Kier molecular flexibility index (Phi) is 3.58. The number of carbonyl (C=O) groups excluding carboxylic acids is 1. The lowest BCUT2D eigenvalue weighted by Crippen LogP contribution is -2.22. The second kappa shape index (κ2) is 4.71. The second-order valence-corrected chi connectivity index (χ2v) is 3.79. The molecule has 1 aromatic heterocycles. The highest BCUT2D eigenvalue weighted by molar-refractivity contribution is 7.09. The molecule has 76 valence electrons. The number of nitrogens with zero attached hydrogens (tertiary/aromatic N) is 1. The summed E-state index contributed by atoms with van der Waals surface area (Å²) in [7, 11) is 0. The lowest BCUT2D eigenvalue weighted by atomic mass is 10.1. The van der Waals surface area contributed by atoms with Gasteiger partial charge >= 0.3 is 5.97 Å². The Morgan fingerprint density at radius 2 is 2.57 bits per heavy atom. The molecule has 5 nitrogen and oxygen atoms in total. The zero-order chi connectivity index (χ0) is 10.6. The van der Waals surface area contributed by atoms with Gasteiger partial charge in [-0.1, -0.05) is 0 Å². The van der Waals surface area contributed by atoms with Crippen LogP contribution in [-0.4, -0.2) is 22.5 Å². The quantitative estimate of drug-likeness (QED) is 0.707. The van der Waals surface area contributed by atoms with E-state index in [2.05, 4.69) is 10.3 Å². The minimum absolute atomic E-state index is 0.151. The number of aryl methyl sites for hydroxylation is 1. The van der Waals surface area contributed by atoms with Gasteiger partial charge < -0.3 is 10.4 Å². The number of hydrogen-bond donors (Lipinski definition) is 2. The second-order valence-electron chi connectivity index (χ2n) is 2.73. The van der Waals surface area contributed by atoms with Crippen molar-refractivity contribution in [3.05, 3.63) is 16.1 Å². The summed E-state index contributed by atoms with van der Waals surface area (Å²) in [5, 5.41) is 13.6. The summed E-state index contributed by atoms with van der Waals surface area (Å²) in [6.45, 7) is 1.83. The molecule has 1 aromatic rings. The van der Waals surface area contributed by atoms with Crippen molar-refractivity contribution in [3.63, 3.8) is 0 Å². The Labute approximate surface area is 84.8 Å². The maximum Gasteiger partial charge on any atom is 0.305 e. The largest absolute Gasteiger partial charge is 0.481 e. The molecule has 1 rings (SSSR count). The molecule has 0 aromatic carbocycles. The number of carboxylic acids is 1. The van der Waals surface area contributed by atoms with E-state index in [4.69, 9.17) is 5.11 Å². The van der Waals surface area contributed by atoms with E-state index in [1.54, 1.807) is 5.38 Å². The van der Waals surface area contributed by atoms with Gasteiger partial charge in [0.1, 0.15) is 0 Å². The van der Waals surface area contributed by atoms with Crippen molar-refractivity contribution in [2.24, 2.45) is 0 Å². The number of thiazole rings is 1. The van der Waals surface area contributed by atoms with Crippen LogP contribution < -0.4 is 5.32 Å². The van der Waals surface area contributed by atoms with Crippen LogP contribution in [0.1, 0.15) is 23.2 Å². The van der Waals surface area contributed by atoms with Crippen LogP contribution in [0.5, 0.6) is 0 Å². The van der Waals surface area contributed by atoms with Crippen LogP contribution in [0.4, 0.5) is 0 Å². The van der Waals surface area contributed by atoms with Gasteiger partial charge in [0, 0.05) is 5.38 Å². The predicted octanol–water partition coefficient (Wildman–Crippen LogP) is 0.713. The standard InChI is InChI=1S/C8H10N2O3S/c1-5-10-7(3-14-5)6(9-4-11)2-8(12)13/h3-4,6H,2H2,1H3,(H,9,11)(H,12,13)/t6-/m1/s1. The molecule has 0 bridgehead atoms. The summed E-state index contributed by atoms with van der Waals surface area (Å²) in [5.74, 6) is -0.963. The molecule has 0 unspecified atom stereocenters. The van der Waals surface area contributed by atoms with Gasteiger partial charge in [-0.2, -0.15) is 0 Å². The van der Waals surface area contributed by atoms with E-state index in [0.29, 0.717) is 12.1 Å². The molecule has 6 heteroatoms. The lowest BCUT2D eigenvalue weighted by molar-refractivity contribution is -0.137. The van der Waals surface area contributed by atoms with Crippen LogP contribution in [-0.2, 0) is 9.59 Å². The van der Waals surface area contributed by atoms with Crippen molar-refractivity contribution < 1.29 is 14.7 Å². The fourth-order valence-corrected chi connectivity index (χ4v) is 1.71. The van der Waals surface area contributed by atoms with Crippen molar-refractivity contribution >= 4 is 23.7 Å². The van der Waals surface area contributed by atoms with E-state index in [9.17, 15) is 9.59 Å². The van der Waals surface area contributed by atoms with Gasteiger partial charge in [-0.15, -0.1) is 11.3 Å². The van der Waals surface area contributed by atoms with Crippen molar-refractivity contribution in [2.75, 3.05) is 0 Å². The van der Waals surface area contributed by atoms with Gasteiger partial charge in [0.25, 0.3) is 0 Å². The Bertz CT molecular complexity index is 337. The number of aliphatic carboxylic acids is 1. The highest BCUT2D eigenvalue weighted by Gasteiger charge is 2.16. The fraction of sp³-hybridized carbons (Fsp3) is 0.375. The van der Waals surface area contributed by atoms with Crippen molar-refractivity contribution in [1.29, 1.82) is 0 Å². The number of hydrogen-bond acceptors (Lipinski definition) is 4. The van der Waals surface area contributed by atoms with Gasteiger partial charge in [-0.25, -0.2) is 4.98 Å². The molecule has 1 heterocycles. The Morgan fingerprint density at radius 3 is 3.00 bits per heavy atom. The van der Waals surface area contributed by atoms with Gasteiger partial charge in [0.2, 0.25) is 6.41 Å². The van der Waals surface area contributed by atoms with Gasteiger partial charge in [0.05, 0.1) is 23.2 Å². The van der Waals surface area contributed by atoms with Crippen LogP contribution in [0.2, 0.25) is 0 Å². The topological polar surface area (TPSA) is 79.3 Å². The van der Waals surface area contributed by atoms with Crippen LogP contribution in [0.25, 0.3) is 0 Å². The first-order valence-corrected chi connectivity index (χ1v) is 4.85. The molecule has 2 N–H and O–H groups in total. The SMILES string of the molecule is Cc1nc([C@@H](CC(=O)O)NC=O)cs1. The van der Waals surface area contributed by atoms with E-state index in [1.165, 1.54) is 11.3 Å². The third-order valence-electron chi connectivity index (χ3n) is 1.64. The molecule has 0 aliphatic heterocycles. The molecule has 1 atom stereocenters. The first-order valence-electron chi connectivity index (χ1n) is 3.97. The Hall–Kier alpha value is -1.43. The maximum absolute atomic E-state index is 10.5. The average molecular weight is 214 g/mol. The van der Waals surface area contributed by atoms with Gasteiger partial charge in [0.15, 0.2) is 0 Å². The number of aromatic nitrogens is 1. The monoisotopic (exact) mass is 214 g/mol. The first kappa shape index (κ1) is 10.6. The summed E-state index contributed by atoms with van der Waals surface area (Å²) >= 11 is 1.43. The van der Waals surface area contributed by atoms with Crippen molar-refractivity contribution in [3.8, 4) is 0 Å². The third kappa shape index (κ3) is 2.81. The minimum Gasteiger partial charge on any atom is -0.481 e. The zero-order valence-corrected chi connectivity index (χ0v) is 8.37. The molecule has 0 saturated heterocycles. The number of rotatable bonds is 5. The van der Waals surface area contributed by atoms with E-state index in [0.717, 1.165) is 5.01 Å². The summed E-state index contributed by atoms with van der Waals surface area (Å²) < 4.78 is 0. The zero-order valence-electron chi connectivity index (χ0n) is 7.56. The lowest BCUT2D eigenvalue weighted by Gasteiger charge is -2.10. The van der Waals surface area contributed by atoms with E-state index >= 15 is 0 Å². The fourth-order valence-electron chi connectivity index (χ4n) is 1.05. The molecule has 1 amide bonds. The smallest absolute Gasteiger partial charge is 0.305 e. The molecule has 0 fully saturated rings. The van der Waals surface area contributed by atoms with Gasteiger partial charge in [-0.3, -0.25) is 9.59 Å². The molecule has 0 radical (unpaired) electrons. The highest BCUT2D eigenvalue weighted by Crippen LogP contribution is 2.18. The maximum atomic E-state index is 10.5. The minimum atomic E-state index is -0.963. The Balaban J connectivity index is 2.76. The number of carbonyl (C=O) groups is 2. The van der Waals surface area contributed by atoms with Crippen LogP contribution in [0.15, 0.2) is 5.38 Å². The molecular weight excluding hydrogens is 204 g/mol. The molecule has 0 saturated carbocycles. The van der Waals surface area contributed by atoms with E-state index in [1.807, 2.05) is 6.92 Å². The molecule has 0 aliphatic rings. The van der Waals surface area contributed by atoms with E-state index in [-0.39, 0.29) is 6.42 Å². The van der Waals surface area contributed by atoms with Crippen LogP contribution >= 0.6 is 11.3 Å². The van der Waals surface area contributed by atoms with Crippen LogP contribution in [0.3, 0.4) is 0 Å². The summed E-state index contributed by atoms with van der Waals surface area (Å²) in [4.78, 5) is 24.8. The van der Waals surface area contributed by atoms with Gasteiger partial charge in [-0.05, 0) is 6.92 Å². The van der Waals surface area contributed by atoms with Crippen molar-refractivity contribution in [1.82, 2.24) is 10.3 Å². The normalized spacial score (nSPS) is 12.1. The van der Waals surface area contributed by atoms with E-state index < -0.39 is 12.0 Å². The molecule has 0 aliphatic carbocycles. The van der Waals surface area contributed by atoms with Crippen molar-refractivity contribution in [2.45, 2.75) is 19.4 Å². The molecule has 0 spiro atoms. The molecule has 14 heavy (non-hydrogen) atoms. The van der Waals surface area contributed by atoms with Crippen LogP contribution in [0, 0.1) is 6.92 Å². The summed E-state index contributed by atoms with van der Waals surface area (Å²) in [5.41, 5.74) is 0.599. The third-order valence-corrected chi connectivity index (χ3v) is 2.43. The molecular formula is C8H10N2O3S. The highest BCUT2D eigenvalue weighted by atomic mass is 32.1. The average Bonchev–Trinajstić information content (AvgIpc) is 2.50. The number of nitrogens with one attached hydrogen (secondary N) is 1. The first-order chi connectivity index (χ1) is 6.63. The predicted molar refractivity (Wildman–Crippen MR) is 51.0 cm³/mol.